The van der Waals surface area contributed by atoms with Crippen LogP contribution in [0.5, 0.6) is 11.5 Å². The Morgan fingerprint density at radius 2 is 1.80 bits per heavy atom. The van der Waals surface area contributed by atoms with Crippen molar-refractivity contribution in [1.82, 2.24) is 4.98 Å². The number of aromatic nitrogens is 1. The summed E-state index contributed by atoms with van der Waals surface area (Å²) in [5.74, 6) is 1.98. The minimum Gasteiger partial charge on any atom is -0.457 e. The number of aryl methyl sites for hydroxylation is 1. The quantitative estimate of drug-likeness (QED) is 0.723. The lowest BCUT2D eigenvalue weighted by molar-refractivity contribution is 0.475. The van der Waals surface area contributed by atoms with Crippen LogP contribution in [0.3, 0.4) is 0 Å². The zero-order valence-electron chi connectivity index (χ0n) is 12.4. The summed E-state index contributed by atoms with van der Waals surface area (Å²) in [6, 6.07) is 10.1. The van der Waals surface area contributed by atoms with Gasteiger partial charge in [-0.2, -0.15) is 0 Å². The molecule has 2 aromatic rings. The van der Waals surface area contributed by atoms with Crippen molar-refractivity contribution >= 4 is 11.6 Å². The fourth-order valence-electron chi connectivity index (χ4n) is 1.91. The van der Waals surface area contributed by atoms with Crippen molar-refractivity contribution in [3.8, 4) is 11.5 Å². The Labute approximate surface area is 125 Å². The molecule has 0 saturated heterocycles. The molecule has 0 radical (unpaired) electrons. The van der Waals surface area contributed by atoms with Crippen LogP contribution >= 0.6 is 11.6 Å². The summed E-state index contributed by atoms with van der Waals surface area (Å²) < 4.78 is 5.92. The van der Waals surface area contributed by atoms with E-state index in [1.54, 1.807) is 6.20 Å². The molecule has 0 amide bonds. The van der Waals surface area contributed by atoms with Crippen molar-refractivity contribution in [3.05, 3.63) is 53.3 Å². The maximum atomic E-state index is 5.92. The highest BCUT2D eigenvalue weighted by atomic mass is 35.5. The smallest absolute Gasteiger partial charge is 0.135 e. The lowest BCUT2D eigenvalue weighted by Gasteiger charge is -2.19. The number of hydrogen-bond acceptors (Lipinski definition) is 2. The molecular weight excluding hydrogens is 270 g/mol. The van der Waals surface area contributed by atoms with Crippen LogP contribution in [0.15, 0.2) is 36.5 Å². The predicted molar refractivity (Wildman–Crippen MR) is 83.7 cm³/mol. The first-order chi connectivity index (χ1) is 9.40. The maximum absolute atomic E-state index is 5.92. The van der Waals surface area contributed by atoms with Gasteiger partial charge in [0.15, 0.2) is 0 Å². The summed E-state index contributed by atoms with van der Waals surface area (Å²) in [6.07, 6.45) is 1.77. The van der Waals surface area contributed by atoms with E-state index in [1.807, 2.05) is 25.1 Å². The predicted octanol–water partition coefficient (Wildman–Crippen LogP) is 5.22. The number of halogens is 1. The molecule has 20 heavy (non-hydrogen) atoms. The number of benzene rings is 1. The van der Waals surface area contributed by atoms with Gasteiger partial charge in [0, 0.05) is 23.5 Å². The van der Waals surface area contributed by atoms with Crippen molar-refractivity contribution < 1.29 is 4.74 Å². The fraction of sp³-hybridized carbons (Fsp3) is 0.353. The molecule has 3 heteroatoms. The molecule has 0 fully saturated rings. The molecule has 0 saturated carbocycles. The van der Waals surface area contributed by atoms with E-state index in [2.05, 4.69) is 37.9 Å². The molecule has 1 aromatic carbocycles. The minimum absolute atomic E-state index is 0.146. The average molecular weight is 290 g/mol. The molecular formula is C17H20ClNO. The summed E-state index contributed by atoms with van der Waals surface area (Å²) in [5, 5.41) is 0. The van der Waals surface area contributed by atoms with E-state index in [0.717, 1.165) is 22.8 Å². The first kappa shape index (κ1) is 14.9. The summed E-state index contributed by atoms with van der Waals surface area (Å²) in [5.41, 5.74) is 3.25. The van der Waals surface area contributed by atoms with Gasteiger partial charge in [0.25, 0.3) is 0 Å². The van der Waals surface area contributed by atoms with Gasteiger partial charge in [-0.05, 0) is 30.0 Å². The Balaban J connectivity index is 2.24. The van der Waals surface area contributed by atoms with Crippen molar-refractivity contribution in [3.63, 3.8) is 0 Å². The highest BCUT2D eigenvalue weighted by molar-refractivity contribution is 6.17. The lowest BCUT2D eigenvalue weighted by atomic mass is 9.87. The Kier molecular flexibility index (Phi) is 4.34. The van der Waals surface area contributed by atoms with E-state index < -0.39 is 0 Å². The van der Waals surface area contributed by atoms with Gasteiger partial charge in [-0.3, -0.25) is 4.98 Å². The van der Waals surface area contributed by atoms with E-state index in [0.29, 0.717) is 5.88 Å². The maximum Gasteiger partial charge on any atom is 0.135 e. The van der Waals surface area contributed by atoms with Gasteiger partial charge >= 0.3 is 0 Å². The van der Waals surface area contributed by atoms with Gasteiger partial charge in [0.1, 0.15) is 11.5 Å². The molecule has 0 unspecified atom stereocenters. The molecule has 0 bridgehead atoms. The number of alkyl halides is 1. The standard InChI is InChI=1S/C17H20ClNO/c1-12-9-16(13(10-18)11-19-12)20-15-7-5-14(6-8-15)17(2,3)4/h5-9,11H,10H2,1-4H3. The van der Waals surface area contributed by atoms with E-state index in [4.69, 9.17) is 16.3 Å². The Bertz CT molecular complexity index is 585. The summed E-state index contributed by atoms with van der Waals surface area (Å²) in [6.45, 7) is 8.52. The van der Waals surface area contributed by atoms with Crippen LogP contribution < -0.4 is 4.74 Å². The molecule has 0 aliphatic carbocycles. The number of ether oxygens (including phenoxy) is 1. The van der Waals surface area contributed by atoms with Crippen molar-refractivity contribution in [2.45, 2.75) is 39.0 Å². The number of hydrogen-bond donors (Lipinski definition) is 0. The Morgan fingerprint density at radius 3 is 2.35 bits per heavy atom. The third-order valence-electron chi connectivity index (χ3n) is 3.17. The second kappa shape index (κ2) is 5.84. The molecule has 0 aliphatic heterocycles. The molecule has 0 atom stereocenters. The van der Waals surface area contributed by atoms with Crippen LogP contribution in [0.25, 0.3) is 0 Å². The van der Waals surface area contributed by atoms with Crippen molar-refractivity contribution in [2.24, 2.45) is 0 Å². The molecule has 1 heterocycles. The highest BCUT2D eigenvalue weighted by Crippen LogP contribution is 2.29. The second-order valence-electron chi connectivity index (χ2n) is 5.94. The number of rotatable bonds is 3. The fourth-order valence-corrected chi connectivity index (χ4v) is 2.11. The summed E-state index contributed by atoms with van der Waals surface area (Å²) in [4.78, 5) is 4.23. The van der Waals surface area contributed by atoms with Crippen LogP contribution in [-0.2, 0) is 11.3 Å². The highest BCUT2D eigenvalue weighted by Gasteiger charge is 2.13. The van der Waals surface area contributed by atoms with Crippen LogP contribution in [0.1, 0.15) is 37.6 Å². The third-order valence-corrected chi connectivity index (χ3v) is 3.46. The van der Waals surface area contributed by atoms with Crippen LogP contribution in [0.4, 0.5) is 0 Å². The summed E-state index contributed by atoms with van der Waals surface area (Å²) >= 11 is 5.92. The SMILES string of the molecule is Cc1cc(Oc2ccc(C(C)(C)C)cc2)c(CCl)cn1. The lowest BCUT2D eigenvalue weighted by Crippen LogP contribution is -2.10. The summed E-state index contributed by atoms with van der Waals surface area (Å²) in [7, 11) is 0. The monoisotopic (exact) mass is 289 g/mol. The van der Waals surface area contributed by atoms with Gasteiger partial charge in [0.2, 0.25) is 0 Å². The minimum atomic E-state index is 0.146. The van der Waals surface area contributed by atoms with E-state index >= 15 is 0 Å². The number of nitrogens with zero attached hydrogens (tertiary/aromatic N) is 1. The molecule has 0 spiro atoms. The van der Waals surface area contributed by atoms with Crippen molar-refractivity contribution in [1.29, 1.82) is 0 Å². The first-order valence-corrected chi connectivity index (χ1v) is 7.23. The Morgan fingerprint density at radius 1 is 1.15 bits per heavy atom. The molecule has 0 aliphatic rings. The van der Waals surface area contributed by atoms with Gasteiger partial charge in [-0.25, -0.2) is 0 Å². The van der Waals surface area contributed by atoms with Gasteiger partial charge in [0.05, 0.1) is 5.88 Å². The van der Waals surface area contributed by atoms with Crippen LogP contribution in [0, 0.1) is 6.92 Å². The number of pyridine rings is 1. The largest absolute Gasteiger partial charge is 0.457 e. The zero-order valence-corrected chi connectivity index (χ0v) is 13.2. The second-order valence-corrected chi connectivity index (χ2v) is 6.21. The van der Waals surface area contributed by atoms with Crippen molar-refractivity contribution in [2.75, 3.05) is 0 Å². The third kappa shape index (κ3) is 3.51. The van der Waals surface area contributed by atoms with Gasteiger partial charge in [-0.1, -0.05) is 32.9 Å². The van der Waals surface area contributed by atoms with E-state index in [1.165, 1.54) is 5.56 Å². The molecule has 1 aromatic heterocycles. The molecule has 106 valence electrons. The molecule has 0 N–H and O–H groups in total. The first-order valence-electron chi connectivity index (χ1n) is 6.70. The zero-order chi connectivity index (χ0) is 14.8. The Hall–Kier alpha value is -1.54. The van der Waals surface area contributed by atoms with Crippen LogP contribution in [-0.4, -0.2) is 4.98 Å². The van der Waals surface area contributed by atoms with Gasteiger partial charge < -0.3 is 4.74 Å². The average Bonchev–Trinajstić information content (AvgIpc) is 2.38. The van der Waals surface area contributed by atoms with Gasteiger partial charge in [-0.15, -0.1) is 11.6 Å². The molecule has 2 rings (SSSR count). The van der Waals surface area contributed by atoms with E-state index in [9.17, 15) is 0 Å². The van der Waals surface area contributed by atoms with Crippen LogP contribution in [0.2, 0.25) is 0 Å². The normalized spacial score (nSPS) is 11.4. The topological polar surface area (TPSA) is 22.1 Å². The van der Waals surface area contributed by atoms with E-state index in [-0.39, 0.29) is 5.41 Å². The molecule has 2 nitrogen and oxygen atoms in total.